The third-order valence-corrected chi connectivity index (χ3v) is 7.60. The van der Waals surface area contributed by atoms with Crippen LogP contribution in [0.15, 0.2) is 24.3 Å². The van der Waals surface area contributed by atoms with E-state index >= 15 is 0 Å². The van der Waals surface area contributed by atoms with E-state index in [0.717, 1.165) is 12.8 Å². The topological polar surface area (TPSA) is 6.48 Å². The molecule has 5 heteroatoms. The van der Waals surface area contributed by atoms with E-state index in [1.54, 1.807) is 0 Å². The average molecular weight is 480 g/mol. The lowest BCUT2D eigenvalue weighted by molar-refractivity contribution is 0.408. The van der Waals surface area contributed by atoms with Crippen LogP contribution in [0.1, 0.15) is 59.1 Å². The molecule has 1 aliphatic heterocycles. The maximum Gasteiger partial charge on any atom is 0.228 e. The van der Waals surface area contributed by atoms with Gasteiger partial charge in [-0.1, -0.05) is 83.0 Å². The Balaban J connectivity index is 1.97. The highest BCUT2D eigenvalue weighted by Gasteiger charge is 2.56. The monoisotopic (exact) mass is 478 g/mol. The molecule has 0 bridgehead atoms. The van der Waals surface area contributed by atoms with E-state index in [2.05, 4.69) is 75.6 Å². The molecule has 2 fully saturated rings. The molecule has 1 heterocycles. The first-order valence-electron chi connectivity index (χ1n) is 11.3. The van der Waals surface area contributed by atoms with Gasteiger partial charge in [-0.3, -0.25) is 0 Å². The van der Waals surface area contributed by atoms with E-state index < -0.39 is 3.79 Å². The summed E-state index contributed by atoms with van der Waals surface area (Å²) in [7, 11) is 0. The highest BCUT2D eigenvalue weighted by atomic mass is 35.6. The zero-order valence-corrected chi connectivity index (χ0v) is 21.7. The molecule has 2 aromatic rings. The van der Waals surface area contributed by atoms with E-state index in [0.29, 0.717) is 12.1 Å². The van der Waals surface area contributed by atoms with Gasteiger partial charge in [-0.2, -0.15) is 0 Å². The predicted octanol–water partition coefficient (Wildman–Crippen LogP) is 7.87. The average Bonchev–Trinajstić information content (AvgIpc) is 2.95. The van der Waals surface area contributed by atoms with Crippen LogP contribution in [0.5, 0.6) is 0 Å². The first kappa shape index (κ1) is 23.1. The summed E-state index contributed by atoms with van der Waals surface area (Å²) in [5.41, 5.74) is 9.99. The van der Waals surface area contributed by atoms with E-state index in [-0.39, 0.29) is 6.17 Å². The lowest BCUT2D eigenvalue weighted by Gasteiger charge is -2.41. The number of hydrogen-bond acceptors (Lipinski definition) is 2. The molecule has 168 valence electrons. The smallest absolute Gasteiger partial charge is 0.228 e. The maximum atomic E-state index is 6.81. The molecule has 4 rings (SSSR count). The molecule has 2 aliphatic rings. The number of anilines is 2. The molecular weight excluding hydrogens is 447 g/mol. The first-order chi connectivity index (χ1) is 14.5. The van der Waals surface area contributed by atoms with Gasteiger partial charge in [0, 0.05) is 11.4 Å². The van der Waals surface area contributed by atoms with Crippen molar-refractivity contribution in [2.75, 3.05) is 9.80 Å². The van der Waals surface area contributed by atoms with Gasteiger partial charge >= 0.3 is 0 Å². The van der Waals surface area contributed by atoms with Crippen LogP contribution in [-0.2, 0) is 0 Å². The van der Waals surface area contributed by atoms with Crippen LogP contribution in [0, 0.1) is 41.5 Å². The summed E-state index contributed by atoms with van der Waals surface area (Å²) in [4.78, 5) is 4.92. The molecule has 0 aromatic heterocycles. The summed E-state index contributed by atoms with van der Waals surface area (Å²) < 4.78 is -1.45. The van der Waals surface area contributed by atoms with Gasteiger partial charge in [0.2, 0.25) is 3.79 Å². The van der Waals surface area contributed by atoms with E-state index in [4.69, 9.17) is 34.8 Å². The van der Waals surface area contributed by atoms with Crippen LogP contribution in [0.3, 0.4) is 0 Å². The van der Waals surface area contributed by atoms with Crippen molar-refractivity contribution in [3.63, 3.8) is 0 Å². The van der Waals surface area contributed by atoms with Crippen molar-refractivity contribution in [3.8, 4) is 0 Å². The van der Waals surface area contributed by atoms with Gasteiger partial charge in [0.15, 0.2) is 6.17 Å². The SMILES string of the molecule is Cc1cc(C)c(N2C3CCCCC3N(c3c(C)cc(C)cc3C)C2C(Cl)(Cl)Cl)c(C)c1. The van der Waals surface area contributed by atoms with Crippen molar-refractivity contribution in [2.24, 2.45) is 0 Å². The summed E-state index contributed by atoms with van der Waals surface area (Å²) in [5, 5.41) is 0. The van der Waals surface area contributed by atoms with Gasteiger partial charge in [-0.05, 0) is 76.6 Å². The highest BCUT2D eigenvalue weighted by Crippen LogP contribution is 2.51. The molecule has 31 heavy (non-hydrogen) atoms. The zero-order valence-electron chi connectivity index (χ0n) is 19.4. The summed E-state index contributed by atoms with van der Waals surface area (Å²) >= 11 is 20.4. The molecule has 1 saturated heterocycles. The van der Waals surface area contributed by atoms with E-state index in [1.165, 1.54) is 57.6 Å². The Morgan fingerprint density at radius 1 is 0.645 bits per heavy atom. The minimum absolute atomic E-state index is 0.328. The van der Waals surface area contributed by atoms with Crippen molar-refractivity contribution < 1.29 is 0 Å². The maximum absolute atomic E-state index is 6.81. The van der Waals surface area contributed by atoms with E-state index in [1.807, 2.05) is 0 Å². The predicted molar refractivity (Wildman–Crippen MR) is 136 cm³/mol. The minimum Gasteiger partial charge on any atom is -0.342 e. The minimum atomic E-state index is -1.45. The van der Waals surface area contributed by atoms with Crippen LogP contribution < -0.4 is 9.80 Å². The van der Waals surface area contributed by atoms with E-state index in [9.17, 15) is 0 Å². The Morgan fingerprint density at radius 3 is 1.26 bits per heavy atom. The second-order valence-electron chi connectivity index (χ2n) is 9.64. The molecule has 2 aromatic carbocycles. The normalized spacial score (nSPS) is 24.0. The van der Waals surface area contributed by atoms with Gasteiger partial charge in [0.1, 0.15) is 0 Å². The molecule has 1 aliphatic carbocycles. The Bertz CT molecular complexity index is 875. The molecule has 0 radical (unpaired) electrons. The number of aryl methyl sites for hydroxylation is 6. The fourth-order valence-electron chi connectivity index (χ4n) is 6.29. The number of halogens is 3. The van der Waals surface area contributed by atoms with Crippen molar-refractivity contribution in [3.05, 3.63) is 57.6 Å². The number of fused-ring (bicyclic) bond motifs is 1. The second-order valence-corrected chi connectivity index (χ2v) is 12.0. The van der Waals surface area contributed by atoms with Crippen molar-refractivity contribution in [1.29, 1.82) is 0 Å². The van der Waals surface area contributed by atoms with Crippen LogP contribution >= 0.6 is 34.8 Å². The highest BCUT2D eigenvalue weighted by molar-refractivity contribution is 6.68. The molecule has 0 N–H and O–H groups in total. The van der Waals surface area contributed by atoms with Gasteiger partial charge in [0.25, 0.3) is 0 Å². The standard InChI is InChI=1S/C26H33Cl3N2/c1-15-11-17(3)23(18(4)12-15)30-21-9-7-8-10-22(21)31(25(30)26(27,28)29)24-19(5)13-16(2)14-20(24)6/h11-14,21-22,25H,7-10H2,1-6H3. The molecular formula is C26H33Cl3N2. The fourth-order valence-corrected chi connectivity index (χ4v) is 6.92. The quantitative estimate of drug-likeness (QED) is 0.404. The number of rotatable bonds is 2. The van der Waals surface area contributed by atoms with Gasteiger partial charge in [-0.25, -0.2) is 0 Å². The van der Waals surface area contributed by atoms with Crippen LogP contribution in [0.25, 0.3) is 0 Å². The number of hydrogen-bond donors (Lipinski definition) is 0. The Morgan fingerprint density at radius 2 is 0.968 bits per heavy atom. The molecule has 1 saturated carbocycles. The summed E-state index contributed by atoms with van der Waals surface area (Å²) in [6, 6.07) is 9.66. The van der Waals surface area contributed by atoms with Crippen molar-refractivity contribution in [1.82, 2.24) is 0 Å². The molecule has 0 amide bonds. The summed E-state index contributed by atoms with van der Waals surface area (Å²) in [5.74, 6) is 0. The summed E-state index contributed by atoms with van der Waals surface area (Å²) in [6.07, 6.45) is 4.32. The van der Waals surface area contributed by atoms with Gasteiger partial charge < -0.3 is 9.80 Å². The lowest BCUT2D eigenvalue weighted by atomic mass is 9.88. The first-order valence-corrected chi connectivity index (χ1v) is 12.4. The van der Waals surface area contributed by atoms with Crippen LogP contribution in [0.4, 0.5) is 11.4 Å². The Hall–Kier alpha value is -1.09. The number of nitrogens with zero attached hydrogens (tertiary/aromatic N) is 2. The lowest BCUT2D eigenvalue weighted by Crippen LogP contribution is -2.51. The number of benzene rings is 2. The zero-order chi connectivity index (χ0) is 22.7. The Kier molecular flexibility index (Phi) is 6.22. The van der Waals surface area contributed by atoms with Crippen LogP contribution in [0.2, 0.25) is 0 Å². The fraction of sp³-hybridized carbons (Fsp3) is 0.538. The largest absolute Gasteiger partial charge is 0.342 e. The van der Waals surface area contributed by atoms with Crippen LogP contribution in [-0.4, -0.2) is 22.0 Å². The molecule has 0 spiro atoms. The third kappa shape index (κ3) is 4.05. The number of alkyl halides is 3. The van der Waals surface area contributed by atoms with Crippen molar-refractivity contribution in [2.45, 2.75) is 89.3 Å². The molecule has 2 unspecified atom stereocenters. The summed E-state index contributed by atoms with van der Waals surface area (Å²) in [6.45, 7) is 13.0. The molecule has 2 atom stereocenters. The van der Waals surface area contributed by atoms with Gasteiger partial charge in [0.05, 0.1) is 12.1 Å². The Labute approximate surface area is 202 Å². The molecule has 2 nitrogen and oxygen atoms in total. The van der Waals surface area contributed by atoms with Gasteiger partial charge in [-0.15, -0.1) is 0 Å². The third-order valence-electron chi connectivity index (χ3n) is 7.02. The van der Waals surface area contributed by atoms with Crippen molar-refractivity contribution >= 4 is 46.2 Å². The second kappa shape index (κ2) is 8.36.